The van der Waals surface area contributed by atoms with E-state index in [1.54, 1.807) is 0 Å². The van der Waals surface area contributed by atoms with Crippen molar-refractivity contribution in [2.24, 2.45) is 0 Å². The van der Waals surface area contributed by atoms with Crippen LogP contribution < -0.4 is 0 Å². The molecule has 0 saturated heterocycles. The smallest absolute Gasteiger partial charge is 0.00262 e. The van der Waals surface area contributed by atoms with Gasteiger partial charge in [-0.1, -0.05) is 182 Å². The highest BCUT2D eigenvalue weighted by molar-refractivity contribution is 6.19. The third-order valence-corrected chi connectivity index (χ3v) is 10.8. The highest BCUT2D eigenvalue weighted by atomic mass is 14.2. The van der Waals surface area contributed by atoms with E-state index >= 15 is 0 Å². The molecule has 10 rings (SSSR count). The first-order valence-electron chi connectivity index (χ1n) is 18.7. The van der Waals surface area contributed by atoms with E-state index in [0.717, 1.165) is 0 Å². The lowest BCUT2D eigenvalue weighted by Crippen LogP contribution is -1.91. The Kier molecular flexibility index (Phi) is 7.93. The van der Waals surface area contributed by atoms with E-state index in [1.165, 1.54) is 99.1 Å². The van der Waals surface area contributed by atoms with Gasteiger partial charge in [0.05, 0.1) is 0 Å². The summed E-state index contributed by atoms with van der Waals surface area (Å²) in [4.78, 5) is 0. The zero-order valence-electron chi connectivity index (χ0n) is 29.8. The van der Waals surface area contributed by atoms with E-state index < -0.39 is 0 Å². The average Bonchev–Trinajstić information content (AvgIpc) is 3.26. The Balaban J connectivity index is 1.15. The van der Waals surface area contributed by atoms with Crippen LogP contribution in [0.5, 0.6) is 0 Å². The SMILES string of the molecule is c1ccc(-c2cc(-c3ccccc3)cc(-c3ccc4cc(-c5c6cccc(-c7ccccc7)c6cc6c(-c7ccccc7)cccc56)ccc4c3)c2)cc1. The molecule has 0 heterocycles. The average molecular weight is 685 g/mol. The minimum Gasteiger partial charge on any atom is -0.0622 e. The Bertz CT molecular complexity index is 2790. The molecule has 0 aliphatic rings. The van der Waals surface area contributed by atoms with E-state index in [-0.39, 0.29) is 0 Å². The molecule has 10 aromatic rings. The largest absolute Gasteiger partial charge is 0.0622 e. The Labute approximate surface area is 316 Å². The van der Waals surface area contributed by atoms with E-state index in [4.69, 9.17) is 0 Å². The zero-order chi connectivity index (χ0) is 35.8. The van der Waals surface area contributed by atoms with Crippen LogP contribution >= 0.6 is 0 Å². The summed E-state index contributed by atoms with van der Waals surface area (Å²) in [6.07, 6.45) is 0. The minimum absolute atomic E-state index is 1.21. The molecule has 0 unspecified atom stereocenters. The molecule has 0 fully saturated rings. The summed E-state index contributed by atoms with van der Waals surface area (Å²) in [5, 5.41) is 7.49. The summed E-state index contributed by atoms with van der Waals surface area (Å²) in [6.45, 7) is 0. The van der Waals surface area contributed by atoms with Gasteiger partial charge < -0.3 is 0 Å². The minimum atomic E-state index is 1.21. The molecule has 0 aliphatic carbocycles. The van der Waals surface area contributed by atoms with Gasteiger partial charge in [0.1, 0.15) is 0 Å². The second-order valence-electron chi connectivity index (χ2n) is 14.1. The van der Waals surface area contributed by atoms with Gasteiger partial charge >= 0.3 is 0 Å². The molecule has 252 valence electrons. The molecule has 0 nitrogen and oxygen atoms in total. The first-order valence-corrected chi connectivity index (χ1v) is 18.7. The van der Waals surface area contributed by atoms with Crippen molar-refractivity contribution >= 4 is 32.3 Å². The molecule has 0 N–H and O–H groups in total. The van der Waals surface area contributed by atoms with Gasteiger partial charge in [-0.25, -0.2) is 0 Å². The molecule has 0 aromatic heterocycles. The van der Waals surface area contributed by atoms with Crippen LogP contribution in [0, 0.1) is 0 Å². The highest BCUT2D eigenvalue weighted by Gasteiger charge is 2.17. The van der Waals surface area contributed by atoms with Gasteiger partial charge in [0.2, 0.25) is 0 Å². The predicted octanol–water partition coefficient (Wildman–Crippen LogP) is 15.1. The summed E-state index contributed by atoms with van der Waals surface area (Å²) in [6, 6.07) is 79.8. The van der Waals surface area contributed by atoms with E-state index in [2.05, 4.69) is 218 Å². The van der Waals surface area contributed by atoms with Gasteiger partial charge in [-0.05, 0) is 135 Å². The highest BCUT2D eigenvalue weighted by Crippen LogP contribution is 2.44. The standard InChI is InChI=1S/C54H36/c1-5-15-37(16-6-1)45-33-46(38-17-7-2-8-18-38)35-47(34-45)43-28-27-42-32-44(30-29-41(42)31-43)54-50-25-13-23-48(39-19-9-3-10-20-39)52(50)36-53-49(24-14-26-51(53)54)40-21-11-4-12-22-40/h1-36H. The maximum Gasteiger partial charge on any atom is -0.00262 e. The number of hydrogen-bond acceptors (Lipinski definition) is 0. The van der Waals surface area contributed by atoms with Crippen molar-refractivity contribution < 1.29 is 0 Å². The first kappa shape index (κ1) is 31.7. The second kappa shape index (κ2) is 13.5. The summed E-state index contributed by atoms with van der Waals surface area (Å²) in [5.41, 5.74) is 14.7. The molecule has 0 heteroatoms. The molecule has 54 heavy (non-hydrogen) atoms. The second-order valence-corrected chi connectivity index (χ2v) is 14.1. The summed E-state index contributed by atoms with van der Waals surface area (Å²) < 4.78 is 0. The Morgan fingerprint density at radius 1 is 0.185 bits per heavy atom. The molecule has 0 saturated carbocycles. The fourth-order valence-electron chi connectivity index (χ4n) is 8.19. The lowest BCUT2D eigenvalue weighted by Gasteiger charge is -2.18. The van der Waals surface area contributed by atoms with Crippen LogP contribution in [0.4, 0.5) is 0 Å². The van der Waals surface area contributed by atoms with Crippen LogP contribution in [0.15, 0.2) is 218 Å². The predicted molar refractivity (Wildman–Crippen MR) is 232 cm³/mol. The molecular formula is C54H36. The van der Waals surface area contributed by atoms with Gasteiger partial charge in [-0.15, -0.1) is 0 Å². The van der Waals surface area contributed by atoms with E-state index in [1.807, 2.05) is 0 Å². The van der Waals surface area contributed by atoms with Gasteiger partial charge in [0.25, 0.3) is 0 Å². The molecule has 10 aromatic carbocycles. The summed E-state index contributed by atoms with van der Waals surface area (Å²) in [5.74, 6) is 0. The van der Waals surface area contributed by atoms with Crippen LogP contribution in [0.2, 0.25) is 0 Å². The third-order valence-electron chi connectivity index (χ3n) is 10.8. The van der Waals surface area contributed by atoms with Gasteiger partial charge in [-0.3, -0.25) is 0 Å². The Hall–Kier alpha value is -7.02. The molecular weight excluding hydrogens is 649 g/mol. The van der Waals surface area contributed by atoms with Crippen molar-refractivity contribution in [3.8, 4) is 66.8 Å². The normalized spacial score (nSPS) is 11.3. The van der Waals surface area contributed by atoms with Crippen LogP contribution in [0.3, 0.4) is 0 Å². The van der Waals surface area contributed by atoms with Crippen molar-refractivity contribution in [2.45, 2.75) is 0 Å². The number of benzene rings is 10. The Morgan fingerprint density at radius 3 is 1.04 bits per heavy atom. The number of fused-ring (bicyclic) bond motifs is 3. The number of hydrogen-bond donors (Lipinski definition) is 0. The molecule has 0 spiro atoms. The van der Waals surface area contributed by atoms with Gasteiger partial charge in [0.15, 0.2) is 0 Å². The Morgan fingerprint density at radius 2 is 0.574 bits per heavy atom. The van der Waals surface area contributed by atoms with Crippen molar-refractivity contribution in [2.75, 3.05) is 0 Å². The van der Waals surface area contributed by atoms with Crippen LogP contribution in [0.1, 0.15) is 0 Å². The monoisotopic (exact) mass is 684 g/mol. The van der Waals surface area contributed by atoms with Crippen molar-refractivity contribution in [3.63, 3.8) is 0 Å². The maximum absolute atomic E-state index is 2.42. The lowest BCUT2D eigenvalue weighted by atomic mass is 9.86. The van der Waals surface area contributed by atoms with E-state index in [0.29, 0.717) is 0 Å². The molecule has 0 amide bonds. The number of rotatable bonds is 6. The molecule has 0 aliphatic heterocycles. The summed E-state index contributed by atoms with van der Waals surface area (Å²) in [7, 11) is 0. The van der Waals surface area contributed by atoms with Gasteiger partial charge in [-0.2, -0.15) is 0 Å². The van der Waals surface area contributed by atoms with E-state index in [9.17, 15) is 0 Å². The lowest BCUT2D eigenvalue weighted by molar-refractivity contribution is 1.57. The van der Waals surface area contributed by atoms with Crippen molar-refractivity contribution in [3.05, 3.63) is 218 Å². The van der Waals surface area contributed by atoms with Crippen molar-refractivity contribution in [1.82, 2.24) is 0 Å². The fourth-order valence-corrected chi connectivity index (χ4v) is 8.19. The zero-order valence-corrected chi connectivity index (χ0v) is 29.8. The molecule has 0 atom stereocenters. The maximum atomic E-state index is 2.42. The topological polar surface area (TPSA) is 0 Å². The van der Waals surface area contributed by atoms with Crippen LogP contribution in [-0.2, 0) is 0 Å². The van der Waals surface area contributed by atoms with Gasteiger partial charge in [0, 0.05) is 0 Å². The van der Waals surface area contributed by atoms with Crippen LogP contribution in [0.25, 0.3) is 99.1 Å². The molecule has 0 bridgehead atoms. The fraction of sp³-hybridized carbons (Fsp3) is 0. The quantitative estimate of drug-likeness (QED) is 0.153. The van der Waals surface area contributed by atoms with Crippen molar-refractivity contribution in [1.29, 1.82) is 0 Å². The van der Waals surface area contributed by atoms with Crippen LogP contribution in [-0.4, -0.2) is 0 Å². The summed E-state index contributed by atoms with van der Waals surface area (Å²) >= 11 is 0. The first-order chi connectivity index (χ1) is 26.8. The molecule has 0 radical (unpaired) electrons. The third kappa shape index (κ3) is 5.75.